The van der Waals surface area contributed by atoms with E-state index in [0.29, 0.717) is 19.8 Å². The summed E-state index contributed by atoms with van der Waals surface area (Å²) in [5, 5.41) is 0. The Morgan fingerprint density at radius 1 is 1.05 bits per heavy atom. The van der Waals surface area contributed by atoms with Crippen molar-refractivity contribution in [3.05, 3.63) is 0 Å². The van der Waals surface area contributed by atoms with Crippen molar-refractivity contribution in [2.75, 3.05) is 33.0 Å². The Labute approximate surface area is 115 Å². The first-order chi connectivity index (χ1) is 9.69. The predicted molar refractivity (Wildman–Crippen MR) is 61.1 cm³/mol. The number of ether oxygens (including phenoxy) is 2. The van der Waals surface area contributed by atoms with E-state index in [-0.39, 0.29) is 19.6 Å². The van der Waals surface area contributed by atoms with Crippen LogP contribution in [-0.2, 0) is 38.5 Å². The molecule has 0 saturated carbocycles. The van der Waals surface area contributed by atoms with E-state index in [2.05, 4.69) is 9.68 Å². The third-order valence-electron chi connectivity index (χ3n) is 2.49. The van der Waals surface area contributed by atoms with Gasteiger partial charge in [0.15, 0.2) is 5.92 Å². The van der Waals surface area contributed by atoms with Crippen LogP contribution in [0.5, 0.6) is 0 Å². The lowest BCUT2D eigenvalue weighted by Gasteiger charge is -2.21. The summed E-state index contributed by atoms with van der Waals surface area (Å²) in [6, 6.07) is 0. The molecule has 1 atom stereocenters. The van der Waals surface area contributed by atoms with E-state index in [9.17, 15) is 9.59 Å². The summed E-state index contributed by atoms with van der Waals surface area (Å²) >= 11 is 0. The minimum atomic E-state index is -1.32. The molecule has 1 aliphatic rings. The lowest BCUT2D eigenvalue weighted by atomic mass is 10.0. The van der Waals surface area contributed by atoms with E-state index in [1.807, 2.05) is 0 Å². The van der Waals surface area contributed by atoms with E-state index in [1.54, 1.807) is 0 Å². The molecule has 1 rings (SSSR count). The third kappa shape index (κ3) is 5.77. The molecule has 0 amide bonds. The highest BCUT2D eigenvalue weighted by Gasteiger charge is 2.33. The fraction of sp³-hybridized carbons (Fsp3) is 0.800. The van der Waals surface area contributed by atoms with Gasteiger partial charge in [0.25, 0.3) is 0 Å². The molecule has 1 fully saturated rings. The smallest absolute Gasteiger partial charge is 0.338 e. The third-order valence-corrected chi connectivity index (χ3v) is 2.49. The average molecular weight is 294 g/mol. The van der Waals surface area contributed by atoms with Crippen molar-refractivity contribution in [1.29, 1.82) is 0 Å². The van der Waals surface area contributed by atoms with E-state index in [1.165, 1.54) is 0 Å². The van der Waals surface area contributed by atoms with Crippen LogP contribution in [0.4, 0.5) is 0 Å². The van der Waals surface area contributed by atoms with Crippen LogP contribution in [0.2, 0.25) is 0 Å². The van der Waals surface area contributed by atoms with Crippen LogP contribution < -0.4 is 11.8 Å². The van der Waals surface area contributed by atoms with Gasteiger partial charge in [0, 0.05) is 6.42 Å². The summed E-state index contributed by atoms with van der Waals surface area (Å²) in [6.07, 6.45) is -0.788. The Hall–Kier alpha value is -1.30. The molecule has 10 heteroatoms. The van der Waals surface area contributed by atoms with Crippen LogP contribution in [0.15, 0.2) is 0 Å². The summed E-state index contributed by atoms with van der Waals surface area (Å²) in [5.41, 5.74) is 0. The highest BCUT2D eigenvalue weighted by atomic mass is 17.2. The maximum Gasteiger partial charge on any atom is 0.338 e. The zero-order valence-electron chi connectivity index (χ0n) is 10.8. The van der Waals surface area contributed by atoms with E-state index in [0.717, 1.165) is 0 Å². The Kier molecular flexibility index (Phi) is 8.02. The summed E-state index contributed by atoms with van der Waals surface area (Å²) < 4.78 is 10.4. The molecule has 0 spiro atoms. The summed E-state index contributed by atoms with van der Waals surface area (Å²) in [7, 11) is 0. The van der Waals surface area contributed by atoms with Crippen LogP contribution in [0, 0.1) is 5.92 Å². The number of rotatable bonds is 4. The van der Waals surface area contributed by atoms with Crippen LogP contribution >= 0.6 is 0 Å². The van der Waals surface area contributed by atoms with Gasteiger partial charge >= 0.3 is 11.9 Å². The molecule has 10 nitrogen and oxygen atoms in total. The van der Waals surface area contributed by atoms with Crippen molar-refractivity contribution in [2.24, 2.45) is 17.7 Å². The largest absolute Gasteiger partial charge is 0.377 e. The molecule has 0 aromatic rings. The molecule has 0 bridgehead atoms. The molecule has 1 aliphatic heterocycles. The fourth-order valence-electron chi connectivity index (χ4n) is 1.52. The van der Waals surface area contributed by atoms with Crippen molar-refractivity contribution < 1.29 is 38.5 Å². The zero-order valence-corrected chi connectivity index (χ0v) is 10.8. The molecule has 116 valence electrons. The normalized spacial score (nSPS) is 21.2. The standard InChI is InChI=1S/C10H18N2O8/c11-18-9(13)8(10(14)19-12)5-7-6-16-2-1-15-3-4-17-20-7/h7-8H,1-6,11-12H2. The molecule has 0 aromatic carbocycles. The molecule has 0 aromatic heterocycles. The van der Waals surface area contributed by atoms with Crippen LogP contribution in [0.3, 0.4) is 0 Å². The van der Waals surface area contributed by atoms with Gasteiger partial charge in [-0.15, -0.1) is 0 Å². The molecule has 1 heterocycles. The first-order valence-electron chi connectivity index (χ1n) is 5.94. The highest BCUT2D eigenvalue weighted by Crippen LogP contribution is 2.14. The second-order valence-corrected chi connectivity index (χ2v) is 3.89. The van der Waals surface area contributed by atoms with Crippen molar-refractivity contribution >= 4 is 11.9 Å². The Morgan fingerprint density at radius 2 is 1.65 bits per heavy atom. The summed E-state index contributed by atoms with van der Waals surface area (Å²) in [5.74, 6) is 6.23. The van der Waals surface area contributed by atoms with Gasteiger partial charge in [0.05, 0.1) is 26.4 Å². The maximum atomic E-state index is 11.4. The first-order valence-corrected chi connectivity index (χ1v) is 5.94. The Bertz CT molecular complexity index is 288. The van der Waals surface area contributed by atoms with Crippen LogP contribution in [-0.4, -0.2) is 51.1 Å². The van der Waals surface area contributed by atoms with Crippen molar-refractivity contribution in [2.45, 2.75) is 12.5 Å². The molecule has 0 aliphatic carbocycles. The minimum absolute atomic E-state index is 0.0928. The Morgan fingerprint density at radius 3 is 2.30 bits per heavy atom. The average Bonchev–Trinajstić information content (AvgIpc) is 2.49. The number of nitrogens with two attached hydrogens (primary N) is 2. The van der Waals surface area contributed by atoms with Gasteiger partial charge in [-0.2, -0.15) is 11.8 Å². The van der Waals surface area contributed by atoms with Crippen molar-refractivity contribution in [3.63, 3.8) is 0 Å². The maximum absolute atomic E-state index is 11.4. The van der Waals surface area contributed by atoms with Gasteiger partial charge in [-0.3, -0.25) is 0 Å². The van der Waals surface area contributed by atoms with Crippen molar-refractivity contribution in [1.82, 2.24) is 0 Å². The molecular formula is C10H18N2O8. The number of hydrogen-bond donors (Lipinski definition) is 2. The van der Waals surface area contributed by atoms with Crippen molar-refractivity contribution in [3.8, 4) is 0 Å². The molecule has 1 saturated heterocycles. The number of carbonyl (C=O) groups is 2. The SMILES string of the molecule is NOC(=O)C(CC1COCCOCCOO1)C(=O)ON. The van der Waals surface area contributed by atoms with E-state index in [4.69, 9.17) is 31.0 Å². The fourth-order valence-corrected chi connectivity index (χ4v) is 1.52. The molecular weight excluding hydrogens is 276 g/mol. The van der Waals surface area contributed by atoms with Crippen LogP contribution in [0.25, 0.3) is 0 Å². The topological polar surface area (TPSA) is 142 Å². The molecule has 4 N–H and O–H groups in total. The summed E-state index contributed by atoms with van der Waals surface area (Å²) in [4.78, 5) is 40.8. The molecule has 20 heavy (non-hydrogen) atoms. The highest BCUT2D eigenvalue weighted by molar-refractivity contribution is 5.94. The monoisotopic (exact) mass is 294 g/mol. The number of hydrogen-bond acceptors (Lipinski definition) is 10. The quantitative estimate of drug-likeness (QED) is 0.346. The number of carbonyl (C=O) groups excluding carboxylic acids is 2. The zero-order chi connectivity index (χ0) is 14.8. The minimum Gasteiger partial charge on any atom is -0.377 e. The van der Waals surface area contributed by atoms with E-state index < -0.39 is 24.0 Å². The summed E-state index contributed by atoms with van der Waals surface area (Å²) in [6.45, 7) is 1.41. The van der Waals surface area contributed by atoms with E-state index >= 15 is 0 Å². The van der Waals surface area contributed by atoms with Gasteiger partial charge in [-0.1, -0.05) is 0 Å². The molecule has 1 unspecified atom stereocenters. The molecule has 0 radical (unpaired) electrons. The lowest BCUT2D eigenvalue weighted by molar-refractivity contribution is -0.339. The second kappa shape index (κ2) is 9.58. The predicted octanol–water partition coefficient (Wildman–Crippen LogP) is -1.81. The van der Waals surface area contributed by atoms with Gasteiger partial charge in [-0.05, 0) is 0 Å². The second-order valence-electron chi connectivity index (χ2n) is 3.89. The Balaban J connectivity index is 2.58. The van der Waals surface area contributed by atoms with Gasteiger partial charge in [-0.25, -0.2) is 19.4 Å². The lowest BCUT2D eigenvalue weighted by Crippen LogP contribution is -2.36. The van der Waals surface area contributed by atoms with Gasteiger partial charge in [0.2, 0.25) is 0 Å². The van der Waals surface area contributed by atoms with Gasteiger partial charge in [0.1, 0.15) is 12.7 Å². The van der Waals surface area contributed by atoms with Gasteiger partial charge < -0.3 is 19.1 Å². The first kappa shape index (κ1) is 16.8. The van der Waals surface area contributed by atoms with Crippen LogP contribution in [0.1, 0.15) is 6.42 Å².